The normalized spacial score (nSPS) is 11.7. The van der Waals surface area contributed by atoms with Crippen LogP contribution < -0.4 is 5.43 Å². The van der Waals surface area contributed by atoms with Crippen LogP contribution in [0.5, 0.6) is 0 Å². The first kappa shape index (κ1) is 12.9. The van der Waals surface area contributed by atoms with Gasteiger partial charge in [-0.25, -0.2) is 5.43 Å². The van der Waals surface area contributed by atoms with Crippen molar-refractivity contribution in [3.8, 4) is 0 Å². The Kier molecular flexibility index (Phi) is 4.68. The van der Waals surface area contributed by atoms with Crippen LogP contribution in [0.3, 0.4) is 0 Å². The minimum atomic E-state index is -0.187. The third kappa shape index (κ3) is 3.77. The lowest BCUT2D eigenvalue weighted by Crippen LogP contribution is -2.20. The Morgan fingerprint density at radius 2 is 1.88 bits per heavy atom. The van der Waals surface area contributed by atoms with E-state index < -0.39 is 0 Å². The fraction of sp³-hybridized carbons (Fsp3) is 0.333. The zero-order chi connectivity index (χ0) is 12.1. The number of carbonyl (C=O) groups is 1. The van der Waals surface area contributed by atoms with Crippen LogP contribution in [0.4, 0.5) is 0 Å². The van der Waals surface area contributed by atoms with E-state index in [-0.39, 0.29) is 5.91 Å². The summed E-state index contributed by atoms with van der Waals surface area (Å²) in [6.07, 6.45) is 0. The van der Waals surface area contributed by atoms with Crippen molar-refractivity contribution in [2.75, 3.05) is 0 Å². The van der Waals surface area contributed by atoms with E-state index in [1.807, 2.05) is 32.9 Å². The number of hydrazone groups is 1. The summed E-state index contributed by atoms with van der Waals surface area (Å²) in [7, 11) is 0. The molecule has 0 aliphatic rings. The van der Waals surface area contributed by atoms with Gasteiger partial charge in [-0.15, -0.1) is 0 Å². The van der Waals surface area contributed by atoms with Gasteiger partial charge in [0.1, 0.15) is 0 Å². The number of amides is 1. The van der Waals surface area contributed by atoms with Crippen molar-refractivity contribution in [1.82, 2.24) is 5.43 Å². The number of rotatable bonds is 3. The van der Waals surface area contributed by atoms with Crippen molar-refractivity contribution in [1.29, 1.82) is 0 Å². The van der Waals surface area contributed by atoms with Crippen molar-refractivity contribution in [3.05, 3.63) is 34.3 Å². The number of hydrogen-bond donors (Lipinski definition) is 1. The van der Waals surface area contributed by atoms with Crippen LogP contribution in [0.2, 0.25) is 0 Å². The summed E-state index contributed by atoms with van der Waals surface area (Å²) in [5, 5.41) is 4.03. The first-order chi connectivity index (χ1) is 7.50. The monoisotopic (exact) mass is 282 g/mol. The van der Waals surface area contributed by atoms with E-state index in [2.05, 4.69) is 26.5 Å². The lowest BCUT2D eigenvalue weighted by molar-refractivity contribution is 0.0954. The minimum Gasteiger partial charge on any atom is -0.267 e. The average Bonchev–Trinajstić information content (AvgIpc) is 2.26. The predicted octanol–water partition coefficient (Wildman–Crippen LogP) is 3.21. The zero-order valence-corrected chi connectivity index (χ0v) is 11.2. The highest BCUT2D eigenvalue weighted by atomic mass is 79.9. The summed E-state index contributed by atoms with van der Waals surface area (Å²) in [5.74, 6) is 0.151. The van der Waals surface area contributed by atoms with E-state index in [9.17, 15) is 4.79 Å². The highest BCUT2D eigenvalue weighted by Crippen LogP contribution is 2.10. The Morgan fingerprint density at radius 1 is 1.31 bits per heavy atom. The molecule has 0 spiro atoms. The molecule has 3 nitrogen and oxygen atoms in total. The molecule has 1 amide bonds. The lowest BCUT2D eigenvalue weighted by Gasteiger charge is -2.04. The standard InChI is InChI=1S/C12H15BrN2O/c1-8(2)9(3)14-15-12(16)10-4-6-11(13)7-5-10/h4-8H,1-3H3,(H,15,16)/b14-9+. The molecule has 0 radical (unpaired) electrons. The maximum absolute atomic E-state index is 11.6. The number of hydrogen-bond acceptors (Lipinski definition) is 2. The molecule has 0 atom stereocenters. The molecule has 1 rings (SSSR count). The average molecular weight is 283 g/mol. The van der Waals surface area contributed by atoms with Crippen LogP contribution >= 0.6 is 15.9 Å². The van der Waals surface area contributed by atoms with Gasteiger partial charge >= 0.3 is 0 Å². The smallest absolute Gasteiger partial charge is 0.267 e. The van der Waals surface area contributed by atoms with Gasteiger partial charge in [0, 0.05) is 15.7 Å². The largest absolute Gasteiger partial charge is 0.271 e. The summed E-state index contributed by atoms with van der Waals surface area (Å²) >= 11 is 3.32. The molecule has 0 unspecified atom stereocenters. The molecule has 1 aromatic rings. The molecule has 0 aliphatic carbocycles. The molecule has 1 aromatic carbocycles. The second-order valence-electron chi connectivity index (χ2n) is 3.86. The summed E-state index contributed by atoms with van der Waals surface area (Å²) in [6, 6.07) is 7.15. The summed E-state index contributed by atoms with van der Waals surface area (Å²) in [6.45, 7) is 5.96. The summed E-state index contributed by atoms with van der Waals surface area (Å²) < 4.78 is 0.950. The molecule has 0 heterocycles. The summed E-state index contributed by atoms with van der Waals surface area (Å²) in [5.41, 5.74) is 4.04. The quantitative estimate of drug-likeness (QED) is 0.671. The Labute approximate surface area is 104 Å². The van der Waals surface area contributed by atoms with E-state index >= 15 is 0 Å². The van der Waals surface area contributed by atoms with Gasteiger partial charge in [0.05, 0.1) is 0 Å². The number of benzene rings is 1. The van der Waals surface area contributed by atoms with Crippen LogP contribution in [-0.4, -0.2) is 11.6 Å². The van der Waals surface area contributed by atoms with Crippen molar-refractivity contribution < 1.29 is 4.79 Å². The lowest BCUT2D eigenvalue weighted by atomic mass is 10.1. The molecular weight excluding hydrogens is 268 g/mol. The second-order valence-corrected chi connectivity index (χ2v) is 4.77. The van der Waals surface area contributed by atoms with Crippen LogP contribution in [0.15, 0.2) is 33.8 Å². The molecule has 0 saturated carbocycles. The van der Waals surface area contributed by atoms with Gasteiger partial charge in [-0.3, -0.25) is 4.79 Å². The Bertz CT molecular complexity index is 396. The molecule has 0 fully saturated rings. The van der Waals surface area contributed by atoms with Crippen LogP contribution in [0, 0.1) is 5.92 Å². The molecule has 1 N–H and O–H groups in total. The van der Waals surface area contributed by atoms with Gasteiger partial charge < -0.3 is 0 Å². The molecular formula is C12H15BrN2O. The Morgan fingerprint density at radius 3 is 2.38 bits per heavy atom. The fourth-order valence-corrected chi connectivity index (χ4v) is 1.20. The molecule has 0 saturated heterocycles. The molecule has 0 bridgehead atoms. The van der Waals surface area contributed by atoms with Crippen molar-refractivity contribution >= 4 is 27.5 Å². The van der Waals surface area contributed by atoms with Gasteiger partial charge in [-0.05, 0) is 37.1 Å². The fourth-order valence-electron chi connectivity index (χ4n) is 0.934. The predicted molar refractivity (Wildman–Crippen MR) is 69.6 cm³/mol. The zero-order valence-electron chi connectivity index (χ0n) is 9.62. The van der Waals surface area contributed by atoms with E-state index in [0.717, 1.165) is 10.2 Å². The van der Waals surface area contributed by atoms with Crippen molar-refractivity contribution in [2.45, 2.75) is 20.8 Å². The van der Waals surface area contributed by atoms with Crippen molar-refractivity contribution in [2.24, 2.45) is 11.0 Å². The number of nitrogens with one attached hydrogen (secondary N) is 1. The molecule has 4 heteroatoms. The van der Waals surface area contributed by atoms with E-state index in [0.29, 0.717) is 11.5 Å². The topological polar surface area (TPSA) is 41.5 Å². The minimum absolute atomic E-state index is 0.187. The second kappa shape index (κ2) is 5.80. The Hall–Kier alpha value is -1.16. The first-order valence-electron chi connectivity index (χ1n) is 5.11. The maximum atomic E-state index is 11.6. The van der Waals surface area contributed by atoms with Gasteiger partial charge in [-0.1, -0.05) is 29.8 Å². The highest BCUT2D eigenvalue weighted by Gasteiger charge is 2.04. The SMILES string of the molecule is C/C(=N\NC(=O)c1ccc(Br)cc1)C(C)C. The van der Waals surface area contributed by atoms with E-state index in [4.69, 9.17) is 0 Å². The van der Waals surface area contributed by atoms with E-state index in [1.54, 1.807) is 12.1 Å². The van der Waals surface area contributed by atoms with Gasteiger partial charge in [-0.2, -0.15) is 5.10 Å². The maximum Gasteiger partial charge on any atom is 0.271 e. The molecule has 0 aliphatic heterocycles. The number of halogens is 1. The van der Waals surface area contributed by atoms with E-state index in [1.165, 1.54) is 0 Å². The van der Waals surface area contributed by atoms with Crippen LogP contribution in [0.1, 0.15) is 31.1 Å². The van der Waals surface area contributed by atoms with Gasteiger partial charge in [0.2, 0.25) is 0 Å². The number of carbonyl (C=O) groups excluding carboxylic acids is 1. The molecule has 0 aromatic heterocycles. The molecule has 16 heavy (non-hydrogen) atoms. The third-order valence-corrected chi connectivity index (χ3v) is 2.80. The Balaban J connectivity index is 2.66. The van der Waals surface area contributed by atoms with Gasteiger partial charge in [0.25, 0.3) is 5.91 Å². The highest BCUT2D eigenvalue weighted by molar-refractivity contribution is 9.10. The number of nitrogens with zero attached hydrogens (tertiary/aromatic N) is 1. The summed E-state index contributed by atoms with van der Waals surface area (Å²) in [4.78, 5) is 11.6. The van der Waals surface area contributed by atoms with Crippen molar-refractivity contribution in [3.63, 3.8) is 0 Å². The van der Waals surface area contributed by atoms with Crippen LogP contribution in [-0.2, 0) is 0 Å². The first-order valence-corrected chi connectivity index (χ1v) is 5.90. The third-order valence-electron chi connectivity index (χ3n) is 2.28. The molecule has 86 valence electrons. The van der Waals surface area contributed by atoms with Gasteiger partial charge in [0.15, 0.2) is 0 Å². The van der Waals surface area contributed by atoms with Crippen LogP contribution in [0.25, 0.3) is 0 Å².